The van der Waals surface area contributed by atoms with Gasteiger partial charge in [0.2, 0.25) is 6.79 Å². The van der Waals surface area contributed by atoms with E-state index in [1.165, 1.54) is 12.1 Å². The zero-order valence-electron chi connectivity index (χ0n) is 14.6. The molecule has 7 heteroatoms. The summed E-state index contributed by atoms with van der Waals surface area (Å²) in [7, 11) is 1.71. The van der Waals surface area contributed by atoms with Crippen molar-refractivity contribution in [2.45, 2.75) is 6.42 Å². The average molecular weight is 359 g/mol. The molecule has 0 atom stereocenters. The van der Waals surface area contributed by atoms with Crippen molar-refractivity contribution in [3.8, 4) is 17.2 Å². The summed E-state index contributed by atoms with van der Waals surface area (Å²) in [5, 5.41) is 6.40. The minimum absolute atomic E-state index is 0.221. The number of ether oxygens (including phenoxy) is 3. The Morgan fingerprint density at radius 3 is 2.65 bits per heavy atom. The third-order valence-electron chi connectivity index (χ3n) is 3.85. The van der Waals surface area contributed by atoms with E-state index in [1.54, 1.807) is 19.2 Å². The molecule has 2 aromatic carbocycles. The molecule has 138 valence electrons. The largest absolute Gasteiger partial charge is 0.492 e. The fraction of sp³-hybridized carbons (Fsp3) is 0.316. The molecule has 0 saturated heterocycles. The van der Waals surface area contributed by atoms with Crippen LogP contribution in [0.15, 0.2) is 47.5 Å². The van der Waals surface area contributed by atoms with Gasteiger partial charge in [-0.2, -0.15) is 0 Å². The van der Waals surface area contributed by atoms with Crippen molar-refractivity contribution in [1.29, 1.82) is 0 Å². The first-order valence-corrected chi connectivity index (χ1v) is 8.46. The Balaban J connectivity index is 1.34. The van der Waals surface area contributed by atoms with Gasteiger partial charge in [0, 0.05) is 19.7 Å². The number of fused-ring (bicyclic) bond motifs is 1. The lowest BCUT2D eigenvalue weighted by Crippen LogP contribution is -2.40. The summed E-state index contributed by atoms with van der Waals surface area (Å²) in [5.74, 6) is 2.65. The highest BCUT2D eigenvalue weighted by Gasteiger charge is 2.13. The zero-order chi connectivity index (χ0) is 18.2. The van der Waals surface area contributed by atoms with Gasteiger partial charge in [0.05, 0.1) is 6.54 Å². The van der Waals surface area contributed by atoms with Crippen LogP contribution in [-0.2, 0) is 6.42 Å². The maximum Gasteiger partial charge on any atom is 0.231 e. The quantitative estimate of drug-likeness (QED) is 0.451. The van der Waals surface area contributed by atoms with E-state index in [9.17, 15) is 4.39 Å². The lowest BCUT2D eigenvalue weighted by Gasteiger charge is -2.12. The summed E-state index contributed by atoms with van der Waals surface area (Å²) in [5.41, 5.74) is 1.07. The second kappa shape index (κ2) is 8.94. The number of benzene rings is 2. The summed E-state index contributed by atoms with van der Waals surface area (Å²) >= 11 is 0. The van der Waals surface area contributed by atoms with Gasteiger partial charge in [0.25, 0.3) is 0 Å². The SMILES string of the molecule is CN=C(NCCOc1ccc2c(c1)OCO2)NCCc1ccc(F)cc1. The highest BCUT2D eigenvalue weighted by molar-refractivity contribution is 5.79. The van der Waals surface area contributed by atoms with Crippen LogP contribution in [0.25, 0.3) is 0 Å². The van der Waals surface area contributed by atoms with Crippen LogP contribution >= 0.6 is 0 Å². The molecule has 0 bridgehead atoms. The Kier molecular flexibility index (Phi) is 6.14. The molecule has 0 spiro atoms. The van der Waals surface area contributed by atoms with Crippen molar-refractivity contribution in [2.75, 3.05) is 33.5 Å². The Morgan fingerprint density at radius 2 is 1.85 bits per heavy atom. The second-order valence-corrected chi connectivity index (χ2v) is 5.67. The van der Waals surface area contributed by atoms with Gasteiger partial charge in [-0.15, -0.1) is 0 Å². The van der Waals surface area contributed by atoms with Crippen LogP contribution in [0.3, 0.4) is 0 Å². The third-order valence-corrected chi connectivity index (χ3v) is 3.85. The second-order valence-electron chi connectivity index (χ2n) is 5.67. The molecule has 0 unspecified atom stereocenters. The number of nitrogens with one attached hydrogen (secondary N) is 2. The van der Waals surface area contributed by atoms with Gasteiger partial charge in [0.1, 0.15) is 18.2 Å². The number of guanidine groups is 1. The van der Waals surface area contributed by atoms with E-state index in [1.807, 2.05) is 18.2 Å². The monoisotopic (exact) mass is 359 g/mol. The van der Waals surface area contributed by atoms with E-state index >= 15 is 0 Å². The standard InChI is InChI=1S/C19H22FN3O3/c1-21-19(22-9-8-14-2-4-15(20)5-3-14)23-10-11-24-16-6-7-17-18(12-16)26-13-25-17/h2-7,12H,8-11,13H2,1H3,(H2,21,22,23). The zero-order valence-corrected chi connectivity index (χ0v) is 14.6. The van der Waals surface area contributed by atoms with Gasteiger partial charge in [-0.3, -0.25) is 4.99 Å². The first-order valence-electron chi connectivity index (χ1n) is 8.46. The molecule has 1 aliphatic rings. The molecule has 0 saturated carbocycles. The van der Waals surface area contributed by atoms with E-state index in [2.05, 4.69) is 15.6 Å². The fourth-order valence-electron chi connectivity index (χ4n) is 2.50. The van der Waals surface area contributed by atoms with E-state index < -0.39 is 0 Å². The first-order chi connectivity index (χ1) is 12.7. The summed E-state index contributed by atoms with van der Waals surface area (Å²) in [6.45, 7) is 2.04. The molecule has 0 radical (unpaired) electrons. The predicted molar refractivity (Wildman–Crippen MR) is 97.5 cm³/mol. The minimum atomic E-state index is -0.221. The lowest BCUT2D eigenvalue weighted by molar-refractivity contribution is 0.173. The van der Waals surface area contributed by atoms with Crippen molar-refractivity contribution in [1.82, 2.24) is 10.6 Å². The fourth-order valence-corrected chi connectivity index (χ4v) is 2.50. The van der Waals surface area contributed by atoms with Crippen LogP contribution in [-0.4, -0.2) is 39.5 Å². The van der Waals surface area contributed by atoms with Crippen molar-refractivity contribution in [3.05, 3.63) is 53.8 Å². The topological polar surface area (TPSA) is 64.1 Å². The van der Waals surface area contributed by atoms with Crippen LogP contribution in [0.1, 0.15) is 5.56 Å². The molecule has 3 rings (SSSR count). The maximum atomic E-state index is 12.9. The van der Waals surface area contributed by atoms with Gasteiger partial charge in [0.15, 0.2) is 17.5 Å². The van der Waals surface area contributed by atoms with Crippen LogP contribution in [0, 0.1) is 5.82 Å². The Hall–Kier alpha value is -2.96. The van der Waals surface area contributed by atoms with E-state index in [0.717, 1.165) is 23.5 Å². The molecule has 2 N–H and O–H groups in total. The van der Waals surface area contributed by atoms with Crippen molar-refractivity contribution >= 4 is 5.96 Å². The normalized spacial score (nSPS) is 12.8. The number of nitrogens with zero attached hydrogens (tertiary/aromatic N) is 1. The first kappa shape index (κ1) is 17.8. The van der Waals surface area contributed by atoms with Crippen LogP contribution < -0.4 is 24.8 Å². The molecule has 2 aromatic rings. The van der Waals surface area contributed by atoms with Gasteiger partial charge < -0.3 is 24.8 Å². The lowest BCUT2D eigenvalue weighted by atomic mass is 10.1. The molecule has 1 aliphatic heterocycles. The maximum absolute atomic E-state index is 12.9. The highest BCUT2D eigenvalue weighted by atomic mass is 19.1. The van der Waals surface area contributed by atoms with Gasteiger partial charge in [-0.1, -0.05) is 12.1 Å². The van der Waals surface area contributed by atoms with Crippen molar-refractivity contribution < 1.29 is 18.6 Å². The summed E-state index contributed by atoms with van der Waals surface area (Å²) < 4.78 is 29.2. The summed E-state index contributed by atoms with van der Waals surface area (Å²) in [6.07, 6.45) is 0.786. The summed E-state index contributed by atoms with van der Waals surface area (Å²) in [6, 6.07) is 12.0. The molecule has 0 amide bonds. The average Bonchev–Trinajstić information content (AvgIpc) is 3.13. The predicted octanol–water partition coefficient (Wildman–Crippen LogP) is 2.34. The van der Waals surface area contributed by atoms with Gasteiger partial charge in [-0.05, 0) is 36.2 Å². The number of halogens is 1. The molecule has 0 fully saturated rings. The van der Waals surface area contributed by atoms with Crippen LogP contribution in [0.4, 0.5) is 4.39 Å². The van der Waals surface area contributed by atoms with E-state index in [-0.39, 0.29) is 12.6 Å². The molecule has 0 aliphatic carbocycles. The summed E-state index contributed by atoms with van der Waals surface area (Å²) in [4.78, 5) is 4.17. The van der Waals surface area contributed by atoms with Crippen LogP contribution in [0.2, 0.25) is 0 Å². The Labute approximate surface area is 152 Å². The number of hydrogen-bond acceptors (Lipinski definition) is 4. The molecule has 1 heterocycles. The smallest absolute Gasteiger partial charge is 0.231 e. The highest BCUT2D eigenvalue weighted by Crippen LogP contribution is 2.34. The Morgan fingerprint density at radius 1 is 1.08 bits per heavy atom. The third kappa shape index (κ3) is 5.02. The van der Waals surface area contributed by atoms with Gasteiger partial charge in [-0.25, -0.2) is 4.39 Å². The van der Waals surface area contributed by atoms with Crippen molar-refractivity contribution in [3.63, 3.8) is 0 Å². The molecule has 6 nitrogen and oxygen atoms in total. The Bertz CT molecular complexity index is 750. The number of hydrogen-bond donors (Lipinski definition) is 2. The van der Waals surface area contributed by atoms with Crippen molar-refractivity contribution in [2.24, 2.45) is 4.99 Å². The molecule has 26 heavy (non-hydrogen) atoms. The number of rotatable bonds is 7. The molecular formula is C19H22FN3O3. The molecular weight excluding hydrogens is 337 g/mol. The van der Waals surface area contributed by atoms with Gasteiger partial charge >= 0.3 is 0 Å². The number of aliphatic imine (C=N–C) groups is 1. The molecule has 0 aromatic heterocycles. The van der Waals surface area contributed by atoms with E-state index in [0.29, 0.717) is 31.4 Å². The van der Waals surface area contributed by atoms with E-state index in [4.69, 9.17) is 14.2 Å². The van der Waals surface area contributed by atoms with Crippen LogP contribution in [0.5, 0.6) is 17.2 Å². The minimum Gasteiger partial charge on any atom is -0.492 e.